The molecule has 0 aromatic carbocycles. The number of aromatic hydroxyl groups is 1. The second kappa shape index (κ2) is 3.00. The molecule has 4 heteroatoms. The van der Waals surface area contributed by atoms with Crippen LogP contribution >= 0.6 is 11.3 Å². The van der Waals surface area contributed by atoms with Gasteiger partial charge in [0.05, 0.1) is 6.07 Å². The van der Waals surface area contributed by atoms with E-state index in [1.54, 1.807) is 0 Å². The fourth-order valence-corrected chi connectivity index (χ4v) is 1.40. The zero-order valence-electron chi connectivity index (χ0n) is 6.37. The van der Waals surface area contributed by atoms with Gasteiger partial charge in [-0.05, 0) is 0 Å². The molecule has 0 spiro atoms. The fraction of sp³-hybridized carbons (Fsp3) is 0.429. The molecule has 0 radical (unpaired) electrons. The van der Waals surface area contributed by atoms with E-state index in [1.165, 1.54) is 0 Å². The van der Waals surface area contributed by atoms with E-state index in [9.17, 15) is 4.79 Å². The van der Waals surface area contributed by atoms with Gasteiger partial charge < -0.3 is 5.11 Å². The number of rotatable bonds is 1. The standard InChI is InChI=1S/C7H9NO2S/c1-4(2)7-8-5(9)3-6(10)11-7/h3-4,9H,1-2H3. The summed E-state index contributed by atoms with van der Waals surface area (Å²) in [5.74, 6) is 0.0113. The summed E-state index contributed by atoms with van der Waals surface area (Å²) >= 11 is 1.07. The molecule has 0 unspecified atom stereocenters. The van der Waals surface area contributed by atoms with Crippen molar-refractivity contribution in [2.24, 2.45) is 0 Å². The highest BCUT2D eigenvalue weighted by Crippen LogP contribution is 2.15. The summed E-state index contributed by atoms with van der Waals surface area (Å²) in [6.07, 6.45) is 0. The average molecular weight is 171 g/mol. The molecule has 0 saturated carbocycles. The van der Waals surface area contributed by atoms with E-state index in [-0.39, 0.29) is 16.5 Å². The highest BCUT2D eigenvalue weighted by molar-refractivity contribution is 7.09. The van der Waals surface area contributed by atoms with Gasteiger partial charge in [-0.1, -0.05) is 25.2 Å². The van der Waals surface area contributed by atoms with Gasteiger partial charge in [0.1, 0.15) is 5.01 Å². The van der Waals surface area contributed by atoms with Crippen LogP contribution in [0.1, 0.15) is 24.8 Å². The summed E-state index contributed by atoms with van der Waals surface area (Å²) in [4.78, 5) is 14.6. The quantitative estimate of drug-likeness (QED) is 0.693. The van der Waals surface area contributed by atoms with Crippen molar-refractivity contribution in [1.82, 2.24) is 4.98 Å². The molecule has 0 saturated heterocycles. The summed E-state index contributed by atoms with van der Waals surface area (Å²) in [5.41, 5.74) is 0. The highest BCUT2D eigenvalue weighted by Gasteiger charge is 2.03. The number of hydrogen-bond donors (Lipinski definition) is 1. The zero-order valence-corrected chi connectivity index (χ0v) is 7.18. The lowest BCUT2D eigenvalue weighted by Crippen LogP contribution is -1.98. The van der Waals surface area contributed by atoms with Gasteiger partial charge in [0.15, 0.2) is 0 Å². The second-order valence-electron chi connectivity index (χ2n) is 2.53. The largest absolute Gasteiger partial charge is 0.493 e. The monoisotopic (exact) mass is 171 g/mol. The molecule has 0 aliphatic heterocycles. The van der Waals surface area contributed by atoms with Crippen LogP contribution in [0.4, 0.5) is 0 Å². The van der Waals surface area contributed by atoms with Crippen LogP contribution in [0.3, 0.4) is 0 Å². The molecule has 11 heavy (non-hydrogen) atoms. The molecule has 0 aliphatic rings. The van der Waals surface area contributed by atoms with Crippen molar-refractivity contribution in [3.05, 3.63) is 20.6 Å². The van der Waals surface area contributed by atoms with Crippen molar-refractivity contribution < 1.29 is 5.11 Å². The van der Waals surface area contributed by atoms with Crippen LogP contribution in [-0.2, 0) is 0 Å². The van der Waals surface area contributed by atoms with Crippen molar-refractivity contribution in [2.45, 2.75) is 19.8 Å². The first-order valence-corrected chi connectivity index (χ1v) is 4.12. The predicted octanol–water partition coefficient (Wildman–Crippen LogP) is 1.33. The predicted molar refractivity (Wildman–Crippen MR) is 44.1 cm³/mol. The van der Waals surface area contributed by atoms with Crippen LogP contribution in [0.15, 0.2) is 10.9 Å². The van der Waals surface area contributed by atoms with Crippen LogP contribution in [0.25, 0.3) is 0 Å². The SMILES string of the molecule is CC(C)c1nc(O)cc(=O)s1. The lowest BCUT2D eigenvalue weighted by molar-refractivity contribution is 0.451. The minimum absolute atomic E-state index is 0.152. The molecule has 0 bridgehead atoms. The first-order chi connectivity index (χ1) is 5.09. The van der Waals surface area contributed by atoms with Crippen LogP contribution in [0.5, 0.6) is 5.88 Å². The van der Waals surface area contributed by atoms with E-state index in [0.29, 0.717) is 5.01 Å². The minimum Gasteiger partial charge on any atom is -0.493 e. The Hall–Kier alpha value is -0.900. The van der Waals surface area contributed by atoms with Gasteiger partial charge in [0.2, 0.25) is 10.6 Å². The van der Waals surface area contributed by atoms with Crippen LogP contribution in [0.2, 0.25) is 0 Å². The molecule has 1 aromatic heterocycles. The fourth-order valence-electron chi connectivity index (χ4n) is 0.653. The van der Waals surface area contributed by atoms with Crippen LogP contribution in [0, 0.1) is 0 Å². The maximum absolute atomic E-state index is 10.8. The Bertz CT molecular complexity index is 306. The Morgan fingerprint density at radius 2 is 2.27 bits per heavy atom. The lowest BCUT2D eigenvalue weighted by Gasteiger charge is -2.00. The molecule has 60 valence electrons. The van der Waals surface area contributed by atoms with Crippen molar-refractivity contribution in [3.63, 3.8) is 0 Å². The molecular weight excluding hydrogens is 162 g/mol. The molecular formula is C7H9NO2S. The van der Waals surface area contributed by atoms with Gasteiger partial charge in [-0.3, -0.25) is 4.79 Å². The van der Waals surface area contributed by atoms with Crippen molar-refractivity contribution >= 4 is 11.3 Å². The van der Waals surface area contributed by atoms with Crippen LogP contribution in [-0.4, -0.2) is 10.1 Å². The Morgan fingerprint density at radius 3 is 2.73 bits per heavy atom. The molecule has 1 aromatic rings. The van der Waals surface area contributed by atoms with E-state index in [1.807, 2.05) is 13.8 Å². The van der Waals surface area contributed by atoms with Crippen LogP contribution < -0.4 is 4.74 Å². The second-order valence-corrected chi connectivity index (χ2v) is 3.55. The molecule has 0 aliphatic carbocycles. The molecule has 0 amide bonds. The maximum atomic E-state index is 10.8. The summed E-state index contributed by atoms with van der Waals surface area (Å²) < 4.78 is -0.152. The summed E-state index contributed by atoms with van der Waals surface area (Å²) in [6, 6.07) is 1.12. The Kier molecular flexibility index (Phi) is 2.24. The normalized spacial score (nSPS) is 10.5. The van der Waals surface area contributed by atoms with E-state index in [2.05, 4.69) is 4.98 Å². The molecule has 3 nitrogen and oxygen atoms in total. The molecule has 1 N–H and O–H groups in total. The van der Waals surface area contributed by atoms with Crippen molar-refractivity contribution in [2.75, 3.05) is 0 Å². The van der Waals surface area contributed by atoms with Gasteiger partial charge in [0.25, 0.3) is 0 Å². The smallest absolute Gasteiger partial charge is 0.239 e. The third-order valence-corrected chi connectivity index (χ3v) is 2.26. The molecule has 0 fully saturated rings. The van der Waals surface area contributed by atoms with E-state index in [4.69, 9.17) is 5.11 Å². The first-order valence-electron chi connectivity index (χ1n) is 3.30. The third-order valence-electron chi connectivity index (χ3n) is 1.17. The maximum Gasteiger partial charge on any atom is 0.239 e. The van der Waals surface area contributed by atoms with Crippen molar-refractivity contribution in [1.29, 1.82) is 0 Å². The Labute approximate surface area is 68.4 Å². The van der Waals surface area contributed by atoms with Gasteiger partial charge in [0, 0.05) is 5.92 Å². The minimum atomic E-state index is -0.183. The number of aromatic nitrogens is 1. The summed E-state index contributed by atoms with van der Waals surface area (Å²) in [5, 5.41) is 9.61. The van der Waals surface area contributed by atoms with Gasteiger partial charge >= 0.3 is 0 Å². The average Bonchev–Trinajstić information content (AvgIpc) is 1.85. The number of nitrogens with zero attached hydrogens (tertiary/aromatic N) is 1. The Morgan fingerprint density at radius 1 is 1.64 bits per heavy atom. The zero-order chi connectivity index (χ0) is 8.43. The van der Waals surface area contributed by atoms with Gasteiger partial charge in [-0.2, -0.15) is 0 Å². The Balaban J connectivity index is 3.19. The topological polar surface area (TPSA) is 50.2 Å². The first kappa shape index (κ1) is 8.20. The third kappa shape index (κ3) is 2.01. The lowest BCUT2D eigenvalue weighted by atomic mass is 10.2. The molecule has 1 heterocycles. The van der Waals surface area contributed by atoms with Gasteiger partial charge in [-0.15, -0.1) is 0 Å². The van der Waals surface area contributed by atoms with E-state index >= 15 is 0 Å². The highest BCUT2D eigenvalue weighted by atomic mass is 32.1. The van der Waals surface area contributed by atoms with E-state index < -0.39 is 0 Å². The number of hydrogen-bond acceptors (Lipinski definition) is 4. The summed E-state index contributed by atoms with van der Waals surface area (Å²) in [7, 11) is 0. The summed E-state index contributed by atoms with van der Waals surface area (Å²) in [6.45, 7) is 3.86. The van der Waals surface area contributed by atoms with Gasteiger partial charge in [-0.25, -0.2) is 4.98 Å². The van der Waals surface area contributed by atoms with Crippen molar-refractivity contribution in [3.8, 4) is 5.88 Å². The molecule has 1 rings (SSSR count). The molecule has 0 atom stereocenters. The van der Waals surface area contributed by atoms with E-state index in [0.717, 1.165) is 17.4 Å².